The normalized spacial score (nSPS) is 22.3. The predicted molar refractivity (Wildman–Crippen MR) is 117 cm³/mol. The molecule has 1 saturated carbocycles. The van der Waals surface area contributed by atoms with E-state index in [1.165, 1.54) is 0 Å². The number of thiophene rings is 1. The van der Waals surface area contributed by atoms with Crippen LogP contribution in [0.1, 0.15) is 54.9 Å². The molecule has 3 aliphatic rings. The quantitative estimate of drug-likeness (QED) is 0.792. The van der Waals surface area contributed by atoms with Gasteiger partial charge in [-0.2, -0.15) is 0 Å². The van der Waals surface area contributed by atoms with Gasteiger partial charge in [0.2, 0.25) is 11.8 Å². The van der Waals surface area contributed by atoms with Gasteiger partial charge in [-0.15, -0.1) is 11.3 Å². The summed E-state index contributed by atoms with van der Waals surface area (Å²) in [6.07, 6.45) is 5.69. The highest BCUT2D eigenvalue weighted by Gasteiger charge is 2.44. The fourth-order valence-electron chi connectivity index (χ4n) is 4.81. The number of likely N-dealkylation sites (tertiary alicyclic amines) is 1. The van der Waals surface area contributed by atoms with E-state index in [1.54, 1.807) is 11.3 Å². The summed E-state index contributed by atoms with van der Waals surface area (Å²) in [5.74, 6) is 1.43. The van der Waals surface area contributed by atoms with Crippen molar-refractivity contribution in [2.45, 2.75) is 62.5 Å². The number of amides is 2. The van der Waals surface area contributed by atoms with Crippen LogP contribution < -0.4 is 10.1 Å². The summed E-state index contributed by atoms with van der Waals surface area (Å²) in [5.41, 5.74) is 0.865. The first kappa shape index (κ1) is 19.6. The average Bonchev–Trinajstić information content (AvgIpc) is 3.40. The Morgan fingerprint density at radius 2 is 1.93 bits per heavy atom. The molecule has 1 saturated heterocycles. The van der Waals surface area contributed by atoms with E-state index in [0.29, 0.717) is 32.0 Å². The first-order valence-electron chi connectivity index (χ1n) is 11.0. The van der Waals surface area contributed by atoms with Gasteiger partial charge in [0.15, 0.2) is 0 Å². The molecule has 1 atom stereocenters. The summed E-state index contributed by atoms with van der Waals surface area (Å²) in [4.78, 5) is 28.3. The molecule has 1 aromatic carbocycles. The largest absolute Gasteiger partial charge is 0.487 e. The highest BCUT2D eigenvalue weighted by atomic mass is 32.1. The summed E-state index contributed by atoms with van der Waals surface area (Å²) in [6, 6.07) is 12.5. The third-order valence-electron chi connectivity index (χ3n) is 6.61. The highest BCUT2D eigenvalue weighted by molar-refractivity contribution is 7.10. The van der Waals surface area contributed by atoms with Gasteiger partial charge in [-0.25, -0.2) is 0 Å². The van der Waals surface area contributed by atoms with Crippen molar-refractivity contribution in [3.63, 3.8) is 0 Å². The van der Waals surface area contributed by atoms with Crippen molar-refractivity contribution in [1.29, 1.82) is 0 Å². The molecule has 0 bridgehead atoms. The molecule has 0 radical (unpaired) electrons. The van der Waals surface area contributed by atoms with Crippen LogP contribution in [-0.4, -0.2) is 41.4 Å². The SMILES string of the molecule is O=C(CC1CC2(CCN(C(=O)Cc3cccs3)CC2)Oc2ccccc21)NC1CC1. The van der Waals surface area contributed by atoms with E-state index in [1.807, 2.05) is 40.6 Å². The van der Waals surface area contributed by atoms with Gasteiger partial charge in [0, 0.05) is 49.2 Å². The minimum absolute atomic E-state index is 0.151. The lowest BCUT2D eigenvalue weighted by molar-refractivity contribution is -0.134. The van der Waals surface area contributed by atoms with Gasteiger partial charge in [0.1, 0.15) is 11.4 Å². The molecule has 5 nitrogen and oxygen atoms in total. The molecular weight excluding hydrogens is 396 g/mol. The van der Waals surface area contributed by atoms with Crippen molar-refractivity contribution in [1.82, 2.24) is 10.2 Å². The molecule has 6 heteroatoms. The second-order valence-corrected chi connectivity index (χ2v) is 9.94. The predicted octanol–water partition coefficient (Wildman–Crippen LogP) is 3.89. The molecule has 158 valence electrons. The molecule has 2 aromatic rings. The monoisotopic (exact) mass is 424 g/mol. The Morgan fingerprint density at radius 3 is 2.67 bits per heavy atom. The number of carbonyl (C=O) groups is 2. The van der Waals surface area contributed by atoms with Crippen molar-refractivity contribution in [3.8, 4) is 5.75 Å². The number of fused-ring (bicyclic) bond motifs is 1. The lowest BCUT2D eigenvalue weighted by atomic mass is 9.76. The summed E-state index contributed by atoms with van der Waals surface area (Å²) in [6.45, 7) is 1.43. The molecule has 1 aliphatic carbocycles. The number of ether oxygens (including phenoxy) is 1. The van der Waals surface area contributed by atoms with Crippen LogP contribution in [0.5, 0.6) is 5.75 Å². The van der Waals surface area contributed by atoms with E-state index in [0.717, 1.165) is 48.3 Å². The Labute approximate surface area is 181 Å². The molecule has 1 spiro atoms. The Hall–Kier alpha value is -2.34. The maximum Gasteiger partial charge on any atom is 0.227 e. The first-order valence-corrected chi connectivity index (χ1v) is 11.9. The maximum atomic E-state index is 12.7. The van der Waals surface area contributed by atoms with E-state index in [2.05, 4.69) is 11.4 Å². The second kappa shape index (κ2) is 8.06. The maximum absolute atomic E-state index is 12.7. The summed E-state index contributed by atoms with van der Waals surface area (Å²) in [5, 5.41) is 5.15. The number of hydrogen-bond donors (Lipinski definition) is 1. The van der Waals surface area contributed by atoms with Crippen LogP contribution >= 0.6 is 11.3 Å². The van der Waals surface area contributed by atoms with Gasteiger partial charge < -0.3 is 15.0 Å². The van der Waals surface area contributed by atoms with Gasteiger partial charge in [0.05, 0.1) is 6.42 Å². The number of para-hydroxylation sites is 1. The average molecular weight is 425 g/mol. The summed E-state index contributed by atoms with van der Waals surface area (Å²) >= 11 is 1.63. The minimum Gasteiger partial charge on any atom is -0.487 e. The van der Waals surface area contributed by atoms with Crippen LogP contribution in [0.25, 0.3) is 0 Å². The van der Waals surface area contributed by atoms with E-state index < -0.39 is 0 Å². The summed E-state index contributed by atoms with van der Waals surface area (Å²) < 4.78 is 6.53. The number of nitrogens with one attached hydrogen (secondary N) is 1. The van der Waals surface area contributed by atoms with Crippen LogP contribution in [-0.2, 0) is 16.0 Å². The van der Waals surface area contributed by atoms with Crippen molar-refractivity contribution >= 4 is 23.2 Å². The molecule has 2 amide bonds. The van der Waals surface area contributed by atoms with Crippen molar-refractivity contribution in [2.24, 2.45) is 0 Å². The lowest BCUT2D eigenvalue weighted by Gasteiger charge is -2.47. The van der Waals surface area contributed by atoms with E-state index in [9.17, 15) is 9.59 Å². The summed E-state index contributed by atoms with van der Waals surface area (Å²) in [7, 11) is 0. The van der Waals surface area contributed by atoms with Crippen molar-refractivity contribution in [2.75, 3.05) is 13.1 Å². The number of hydrogen-bond acceptors (Lipinski definition) is 4. The standard InChI is InChI=1S/C24H28N2O3S/c27-22(25-18-7-8-18)14-17-16-24(29-21-6-2-1-5-20(17)21)9-11-26(12-10-24)23(28)15-19-4-3-13-30-19/h1-6,13,17-18H,7-12,14-16H2,(H,25,27). The molecule has 1 aromatic heterocycles. The van der Waals surface area contributed by atoms with Gasteiger partial charge >= 0.3 is 0 Å². The van der Waals surface area contributed by atoms with Crippen LogP contribution in [0, 0.1) is 0 Å². The van der Waals surface area contributed by atoms with Crippen LogP contribution in [0.15, 0.2) is 41.8 Å². The van der Waals surface area contributed by atoms with Gasteiger partial charge in [-0.1, -0.05) is 24.3 Å². The van der Waals surface area contributed by atoms with Gasteiger partial charge in [-0.05, 0) is 42.3 Å². The van der Waals surface area contributed by atoms with Crippen molar-refractivity contribution < 1.29 is 14.3 Å². The van der Waals surface area contributed by atoms with Crippen LogP contribution in [0.3, 0.4) is 0 Å². The van der Waals surface area contributed by atoms with E-state index >= 15 is 0 Å². The number of piperidine rings is 1. The molecule has 5 rings (SSSR count). The first-order chi connectivity index (χ1) is 14.6. The van der Waals surface area contributed by atoms with E-state index in [-0.39, 0.29) is 23.3 Å². The molecule has 3 heterocycles. The fourth-order valence-corrected chi connectivity index (χ4v) is 5.50. The van der Waals surface area contributed by atoms with Gasteiger partial charge in [0.25, 0.3) is 0 Å². The Balaban J connectivity index is 1.26. The van der Waals surface area contributed by atoms with Crippen LogP contribution in [0.4, 0.5) is 0 Å². The smallest absolute Gasteiger partial charge is 0.227 e. The molecule has 1 unspecified atom stereocenters. The second-order valence-electron chi connectivity index (χ2n) is 8.91. The molecule has 2 aliphatic heterocycles. The number of carbonyl (C=O) groups excluding carboxylic acids is 2. The molecule has 2 fully saturated rings. The zero-order valence-electron chi connectivity index (χ0n) is 17.1. The van der Waals surface area contributed by atoms with Gasteiger partial charge in [-0.3, -0.25) is 9.59 Å². The molecule has 1 N–H and O–H groups in total. The lowest BCUT2D eigenvalue weighted by Crippen LogP contribution is -2.52. The molecule has 30 heavy (non-hydrogen) atoms. The van der Waals surface area contributed by atoms with E-state index in [4.69, 9.17) is 4.74 Å². The zero-order valence-corrected chi connectivity index (χ0v) is 18.0. The Morgan fingerprint density at radius 1 is 1.13 bits per heavy atom. The Kier molecular flexibility index (Phi) is 5.27. The fraction of sp³-hybridized carbons (Fsp3) is 0.500. The number of nitrogens with zero attached hydrogens (tertiary/aromatic N) is 1. The third-order valence-corrected chi connectivity index (χ3v) is 7.49. The van der Waals surface area contributed by atoms with Crippen LogP contribution in [0.2, 0.25) is 0 Å². The highest BCUT2D eigenvalue weighted by Crippen LogP contribution is 2.46. The Bertz CT molecular complexity index is 914. The minimum atomic E-state index is -0.279. The third kappa shape index (κ3) is 4.24. The topological polar surface area (TPSA) is 58.6 Å². The molecular formula is C24H28N2O3S. The number of rotatable bonds is 5. The van der Waals surface area contributed by atoms with Crippen molar-refractivity contribution in [3.05, 3.63) is 52.2 Å². The number of benzene rings is 1. The zero-order chi connectivity index (χ0) is 20.6.